The van der Waals surface area contributed by atoms with Crippen LogP contribution < -0.4 is 11.2 Å². The third-order valence-electron chi connectivity index (χ3n) is 3.33. The lowest BCUT2D eigenvalue weighted by Crippen LogP contribution is -2.40. The largest absolute Gasteiger partial charge is 0.331 e. The van der Waals surface area contributed by atoms with Gasteiger partial charge >= 0.3 is 5.69 Å². The van der Waals surface area contributed by atoms with Crippen molar-refractivity contribution < 1.29 is 9.59 Å². The van der Waals surface area contributed by atoms with Gasteiger partial charge in [-0.05, 0) is 28.8 Å². The number of hydrogen-bond donors (Lipinski definition) is 0. The topological polar surface area (TPSA) is 78.1 Å². The molecular formula is C15H21BrN2O4S2. The van der Waals surface area contributed by atoms with E-state index in [1.54, 1.807) is 11.5 Å². The highest BCUT2D eigenvalue weighted by atomic mass is 79.9. The molecule has 0 saturated heterocycles. The first-order valence-electron chi connectivity index (χ1n) is 7.50. The number of carbonyl (C=O) groups excluding carboxylic acids is 2. The highest BCUT2D eigenvalue weighted by molar-refractivity contribution is 9.10. The van der Waals surface area contributed by atoms with E-state index >= 15 is 0 Å². The SMILES string of the molecule is CC(=O)SCCCCCn1c(CSC(C)=O)c(Br)c(=O)n(C)c1=O. The van der Waals surface area contributed by atoms with Gasteiger partial charge in [-0.3, -0.25) is 23.5 Å². The average Bonchev–Trinajstić information content (AvgIpc) is 2.51. The molecule has 1 aromatic rings. The quantitative estimate of drug-likeness (QED) is 0.582. The number of carbonyl (C=O) groups is 2. The van der Waals surface area contributed by atoms with Crippen LogP contribution in [0.25, 0.3) is 0 Å². The maximum absolute atomic E-state index is 12.4. The summed E-state index contributed by atoms with van der Waals surface area (Å²) in [6, 6.07) is 0. The molecule has 0 aromatic carbocycles. The summed E-state index contributed by atoms with van der Waals surface area (Å²) >= 11 is 5.63. The number of aromatic nitrogens is 2. The summed E-state index contributed by atoms with van der Waals surface area (Å²) < 4.78 is 2.95. The average molecular weight is 437 g/mol. The number of thioether (sulfide) groups is 2. The second kappa shape index (κ2) is 10.2. The number of halogens is 1. The zero-order valence-corrected chi connectivity index (χ0v) is 17.2. The molecule has 1 rings (SSSR count). The Hall–Kier alpha value is -0.800. The van der Waals surface area contributed by atoms with Crippen LogP contribution in [0.15, 0.2) is 14.1 Å². The van der Waals surface area contributed by atoms with E-state index in [1.165, 1.54) is 25.7 Å². The first-order valence-corrected chi connectivity index (χ1v) is 10.3. The first-order chi connectivity index (χ1) is 11.3. The van der Waals surface area contributed by atoms with Crippen LogP contribution in [-0.2, 0) is 28.9 Å². The maximum atomic E-state index is 12.4. The fourth-order valence-corrected chi connectivity index (χ4v) is 4.16. The van der Waals surface area contributed by atoms with Crippen molar-refractivity contribution in [1.29, 1.82) is 0 Å². The van der Waals surface area contributed by atoms with E-state index in [2.05, 4.69) is 15.9 Å². The van der Waals surface area contributed by atoms with Crippen molar-refractivity contribution in [2.75, 3.05) is 5.75 Å². The molecular weight excluding hydrogens is 416 g/mol. The molecule has 0 aliphatic heterocycles. The van der Waals surface area contributed by atoms with Crippen LogP contribution in [0.3, 0.4) is 0 Å². The van der Waals surface area contributed by atoms with Gasteiger partial charge < -0.3 is 0 Å². The van der Waals surface area contributed by atoms with Crippen molar-refractivity contribution in [2.45, 2.75) is 45.4 Å². The minimum Gasteiger partial charge on any atom is -0.296 e. The van der Waals surface area contributed by atoms with Gasteiger partial charge in [0.2, 0.25) is 0 Å². The third kappa shape index (κ3) is 6.25. The van der Waals surface area contributed by atoms with Crippen LogP contribution in [0.4, 0.5) is 0 Å². The van der Waals surface area contributed by atoms with Crippen molar-refractivity contribution in [3.8, 4) is 0 Å². The maximum Gasteiger partial charge on any atom is 0.331 e. The summed E-state index contributed by atoms with van der Waals surface area (Å²) in [6.45, 7) is 3.48. The van der Waals surface area contributed by atoms with Gasteiger partial charge in [0.25, 0.3) is 5.56 Å². The highest BCUT2D eigenvalue weighted by Gasteiger charge is 2.16. The zero-order valence-electron chi connectivity index (χ0n) is 14.0. The number of unbranched alkanes of at least 4 members (excludes halogenated alkanes) is 2. The van der Waals surface area contributed by atoms with Crippen LogP contribution >= 0.6 is 39.5 Å². The standard InChI is InChI=1S/C15H21BrN2O4S2/c1-10(19)23-8-6-4-5-7-18-12(9-24-11(2)20)13(16)14(21)17(3)15(18)22/h4-9H2,1-3H3. The van der Waals surface area contributed by atoms with Crippen molar-refractivity contribution >= 4 is 49.7 Å². The lowest BCUT2D eigenvalue weighted by Gasteiger charge is -2.15. The van der Waals surface area contributed by atoms with Crippen LogP contribution in [0.5, 0.6) is 0 Å². The second-order valence-corrected chi connectivity index (χ2v) is 8.46. The van der Waals surface area contributed by atoms with Crippen molar-refractivity contribution in [3.05, 3.63) is 31.0 Å². The molecule has 0 saturated carbocycles. The van der Waals surface area contributed by atoms with Gasteiger partial charge in [-0.15, -0.1) is 0 Å². The van der Waals surface area contributed by atoms with Gasteiger partial charge in [-0.2, -0.15) is 0 Å². The van der Waals surface area contributed by atoms with E-state index in [4.69, 9.17) is 0 Å². The minimum absolute atomic E-state index is 0.0668. The van der Waals surface area contributed by atoms with Crippen molar-refractivity contribution in [2.24, 2.45) is 7.05 Å². The Balaban J connectivity index is 2.87. The van der Waals surface area contributed by atoms with Crippen LogP contribution in [0.1, 0.15) is 38.8 Å². The fourth-order valence-electron chi connectivity index (χ4n) is 2.08. The zero-order chi connectivity index (χ0) is 18.3. The predicted molar refractivity (Wildman–Crippen MR) is 103 cm³/mol. The predicted octanol–water partition coefficient (Wildman–Crippen LogP) is 2.54. The summed E-state index contributed by atoms with van der Waals surface area (Å²) in [5.41, 5.74) is -0.227. The Bertz CT molecular complexity index is 727. The molecule has 0 bridgehead atoms. The van der Waals surface area contributed by atoms with Crippen LogP contribution in [0, 0.1) is 0 Å². The first kappa shape index (κ1) is 21.2. The molecule has 0 unspecified atom stereocenters. The Morgan fingerprint density at radius 1 is 1.04 bits per heavy atom. The Morgan fingerprint density at radius 2 is 1.67 bits per heavy atom. The Morgan fingerprint density at radius 3 is 2.25 bits per heavy atom. The van der Waals surface area contributed by atoms with Gasteiger partial charge in [0.1, 0.15) is 4.47 Å². The molecule has 0 aliphatic carbocycles. The van der Waals surface area contributed by atoms with Gasteiger partial charge in [0, 0.05) is 38.9 Å². The minimum atomic E-state index is -0.395. The number of nitrogens with zero attached hydrogens (tertiary/aromatic N) is 2. The van der Waals surface area contributed by atoms with Gasteiger partial charge in [0.15, 0.2) is 10.2 Å². The summed E-state index contributed by atoms with van der Waals surface area (Å²) in [4.78, 5) is 46.5. The molecule has 134 valence electrons. The van der Waals surface area contributed by atoms with Gasteiger partial charge in [-0.25, -0.2) is 4.79 Å². The lowest BCUT2D eigenvalue weighted by atomic mass is 10.2. The normalized spacial score (nSPS) is 10.8. The number of hydrogen-bond acceptors (Lipinski definition) is 6. The smallest absolute Gasteiger partial charge is 0.296 e. The van der Waals surface area contributed by atoms with Crippen molar-refractivity contribution in [1.82, 2.24) is 9.13 Å². The lowest BCUT2D eigenvalue weighted by molar-refractivity contribution is -0.109. The summed E-state index contributed by atoms with van der Waals surface area (Å²) in [5, 5.41) is 0.0413. The van der Waals surface area contributed by atoms with Gasteiger partial charge in [0.05, 0.1) is 5.69 Å². The molecule has 0 N–H and O–H groups in total. The molecule has 0 spiro atoms. The molecule has 24 heavy (non-hydrogen) atoms. The third-order valence-corrected chi connectivity index (χ3v) is 5.85. The Labute approximate surface area is 157 Å². The molecule has 0 radical (unpaired) electrons. The number of rotatable bonds is 8. The second-order valence-electron chi connectivity index (χ2n) is 5.24. The van der Waals surface area contributed by atoms with Crippen LogP contribution in [-0.4, -0.2) is 25.1 Å². The summed E-state index contributed by atoms with van der Waals surface area (Å²) in [5.74, 6) is 1.05. The van der Waals surface area contributed by atoms with E-state index in [0.717, 1.165) is 41.3 Å². The molecule has 6 nitrogen and oxygen atoms in total. The summed E-state index contributed by atoms with van der Waals surface area (Å²) in [6.07, 6.45) is 2.54. The molecule has 0 atom stereocenters. The monoisotopic (exact) mass is 436 g/mol. The van der Waals surface area contributed by atoms with Crippen molar-refractivity contribution in [3.63, 3.8) is 0 Å². The van der Waals surface area contributed by atoms with E-state index < -0.39 is 5.56 Å². The molecule has 1 aromatic heterocycles. The summed E-state index contributed by atoms with van der Waals surface area (Å²) in [7, 11) is 1.44. The molecule has 9 heteroatoms. The molecule has 0 fully saturated rings. The highest BCUT2D eigenvalue weighted by Crippen LogP contribution is 2.19. The van der Waals surface area contributed by atoms with E-state index in [9.17, 15) is 19.2 Å². The molecule has 0 aliphatic rings. The van der Waals surface area contributed by atoms with E-state index in [-0.39, 0.29) is 21.7 Å². The van der Waals surface area contributed by atoms with Gasteiger partial charge in [-0.1, -0.05) is 29.9 Å². The van der Waals surface area contributed by atoms with Crippen LogP contribution in [0.2, 0.25) is 0 Å². The Kier molecular flexibility index (Phi) is 9.07. The molecule has 1 heterocycles. The molecule has 0 amide bonds. The fraction of sp³-hybridized carbons (Fsp3) is 0.600. The van der Waals surface area contributed by atoms with E-state index in [1.807, 2.05) is 0 Å². The van der Waals surface area contributed by atoms with E-state index in [0.29, 0.717) is 16.7 Å².